The van der Waals surface area contributed by atoms with E-state index in [4.69, 9.17) is 23.2 Å². The van der Waals surface area contributed by atoms with Crippen LogP contribution in [0, 0.1) is 0 Å². The van der Waals surface area contributed by atoms with Gasteiger partial charge in [0.05, 0.1) is 22.7 Å². The molecule has 1 heterocycles. The van der Waals surface area contributed by atoms with Crippen molar-refractivity contribution in [3.63, 3.8) is 0 Å². The summed E-state index contributed by atoms with van der Waals surface area (Å²) in [6, 6.07) is 6.72. The van der Waals surface area contributed by atoms with Gasteiger partial charge in [-0.25, -0.2) is 9.78 Å². The van der Waals surface area contributed by atoms with Gasteiger partial charge in [0.2, 0.25) is 0 Å². The molecule has 1 aromatic heterocycles. The molecule has 2 aromatic rings. The molecule has 2 rings (SSSR count). The summed E-state index contributed by atoms with van der Waals surface area (Å²) in [5.41, 5.74) is 0.644. The van der Waals surface area contributed by atoms with Crippen molar-refractivity contribution in [2.24, 2.45) is 0 Å². The smallest absolute Gasteiger partial charge is 0.356 e. The summed E-state index contributed by atoms with van der Waals surface area (Å²) in [4.78, 5) is 15.4. The van der Waals surface area contributed by atoms with E-state index in [1.807, 2.05) is 0 Å². The molecule has 16 heavy (non-hydrogen) atoms. The maximum Gasteiger partial charge on any atom is 0.356 e. The number of halogens is 2. The SMILES string of the molecule is COC(=O)c1cc(Cl)c2cccc(Cl)c2n1. The van der Waals surface area contributed by atoms with Crippen molar-refractivity contribution in [1.29, 1.82) is 0 Å². The fourth-order valence-electron chi connectivity index (χ4n) is 1.38. The molecular formula is C11H7Cl2NO2. The Morgan fingerprint density at radius 3 is 2.75 bits per heavy atom. The molecule has 0 spiro atoms. The molecule has 0 aliphatic carbocycles. The maximum atomic E-state index is 11.3. The van der Waals surface area contributed by atoms with Gasteiger partial charge < -0.3 is 4.74 Å². The molecule has 0 amide bonds. The molecule has 0 aliphatic heterocycles. The molecule has 0 unspecified atom stereocenters. The zero-order valence-electron chi connectivity index (χ0n) is 8.33. The summed E-state index contributed by atoms with van der Waals surface area (Å²) < 4.78 is 4.58. The Balaban J connectivity index is 2.75. The molecule has 5 heteroatoms. The van der Waals surface area contributed by atoms with Crippen molar-refractivity contribution in [2.75, 3.05) is 7.11 Å². The average molecular weight is 256 g/mol. The number of nitrogens with zero attached hydrogens (tertiary/aromatic N) is 1. The van der Waals surface area contributed by atoms with Crippen LogP contribution in [0.3, 0.4) is 0 Å². The van der Waals surface area contributed by atoms with Crippen molar-refractivity contribution < 1.29 is 9.53 Å². The lowest BCUT2D eigenvalue weighted by molar-refractivity contribution is 0.0594. The number of esters is 1. The highest BCUT2D eigenvalue weighted by molar-refractivity contribution is 6.39. The number of rotatable bonds is 1. The highest BCUT2D eigenvalue weighted by atomic mass is 35.5. The molecule has 0 N–H and O–H groups in total. The molecule has 0 radical (unpaired) electrons. The lowest BCUT2D eigenvalue weighted by atomic mass is 10.2. The molecule has 1 aromatic carbocycles. The third kappa shape index (κ3) is 1.84. The summed E-state index contributed by atoms with van der Waals surface area (Å²) in [6.45, 7) is 0. The Labute approximate surface area is 102 Å². The Morgan fingerprint density at radius 1 is 1.31 bits per heavy atom. The van der Waals surface area contributed by atoms with Crippen molar-refractivity contribution >= 4 is 40.1 Å². The van der Waals surface area contributed by atoms with Crippen LogP contribution < -0.4 is 0 Å². The molecule has 0 saturated carbocycles. The summed E-state index contributed by atoms with van der Waals surface area (Å²) in [7, 11) is 1.29. The first-order valence-electron chi connectivity index (χ1n) is 4.46. The van der Waals surface area contributed by atoms with E-state index >= 15 is 0 Å². The first-order valence-corrected chi connectivity index (χ1v) is 5.22. The van der Waals surface area contributed by atoms with Crippen molar-refractivity contribution in [3.05, 3.63) is 40.0 Å². The van der Waals surface area contributed by atoms with Gasteiger partial charge >= 0.3 is 5.97 Å². The molecule has 0 atom stereocenters. The summed E-state index contributed by atoms with van der Waals surface area (Å²) >= 11 is 12.0. The van der Waals surface area contributed by atoms with Gasteiger partial charge in [-0.1, -0.05) is 35.3 Å². The van der Waals surface area contributed by atoms with Gasteiger partial charge in [0, 0.05) is 5.39 Å². The topological polar surface area (TPSA) is 39.2 Å². The summed E-state index contributed by atoms with van der Waals surface area (Å²) in [6.07, 6.45) is 0. The number of pyridine rings is 1. The van der Waals surface area contributed by atoms with Crippen LogP contribution in [0.4, 0.5) is 0 Å². The minimum Gasteiger partial charge on any atom is -0.464 e. The van der Waals surface area contributed by atoms with Gasteiger partial charge in [-0.3, -0.25) is 0 Å². The fraction of sp³-hybridized carbons (Fsp3) is 0.0909. The predicted molar refractivity (Wildman–Crippen MR) is 63.1 cm³/mol. The monoisotopic (exact) mass is 255 g/mol. The number of hydrogen-bond acceptors (Lipinski definition) is 3. The van der Waals surface area contributed by atoms with Crippen LogP contribution in [0.5, 0.6) is 0 Å². The van der Waals surface area contributed by atoms with E-state index in [2.05, 4.69) is 9.72 Å². The minimum absolute atomic E-state index is 0.146. The zero-order valence-corrected chi connectivity index (χ0v) is 9.84. The largest absolute Gasteiger partial charge is 0.464 e. The molecule has 0 aliphatic rings. The van der Waals surface area contributed by atoms with Gasteiger partial charge in [-0.2, -0.15) is 0 Å². The molecule has 0 fully saturated rings. The van der Waals surface area contributed by atoms with Crippen LogP contribution in [-0.4, -0.2) is 18.1 Å². The Bertz CT molecular complexity index is 569. The fourth-order valence-corrected chi connectivity index (χ4v) is 1.85. The lowest BCUT2D eigenvalue weighted by Crippen LogP contribution is -2.04. The highest BCUT2D eigenvalue weighted by Gasteiger charge is 2.12. The number of aromatic nitrogens is 1. The Kier molecular flexibility index (Phi) is 2.99. The van der Waals surface area contributed by atoms with Crippen LogP contribution in [0.25, 0.3) is 10.9 Å². The van der Waals surface area contributed by atoms with E-state index in [-0.39, 0.29) is 5.69 Å². The first-order chi connectivity index (χ1) is 7.63. The minimum atomic E-state index is -0.538. The normalized spacial score (nSPS) is 10.4. The number of hydrogen-bond donors (Lipinski definition) is 0. The van der Waals surface area contributed by atoms with E-state index < -0.39 is 5.97 Å². The van der Waals surface area contributed by atoms with Crippen molar-refractivity contribution in [3.8, 4) is 0 Å². The number of para-hydroxylation sites is 1. The van der Waals surface area contributed by atoms with Gasteiger partial charge in [-0.15, -0.1) is 0 Å². The Hall–Kier alpha value is -1.32. The molecule has 3 nitrogen and oxygen atoms in total. The highest BCUT2D eigenvalue weighted by Crippen LogP contribution is 2.28. The van der Waals surface area contributed by atoms with Crippen LogP contribution in [-0.2, 0) is 4.74 Å². The summed E-state index contributed by atoms with van der Waals surface area (Å²) in [5.74, 6) is -0.538. The summed E-state index contributed by atoms with van der Waals surface area (Å²) in [5, 5.41) is 1.58. The van der Waals surface area contributed by atoms with E-state index in [0.29, 0.717) is 20.9 Å². The molecule has 82 valence electrons. The predicted octanol–water partition coefficient (Wildman–Crippen LogP) is 3.33. The second kappa shape index (κ2) is 4.28. The molecule has 0 saturated heterocycles. The number of ether oxygens (including phenoxy) is 1. The quantitative estimate of drug-likeness (QED) is 0.734. The van der Waals surface area contributed by atoms with Crippen molar-refractivity contribution in [1.82, 2.24) is 4.98 Å². The third-order valence-electron chi connectivity index (χ3n) is 2.13. The first kappa shape index (κ1) is 11.2. The lowest BCUT2D eigenvalue weighted by Gasteiger charge is -2.04. The van der Waals surface area contributed by atoms with Gasteiger partial charge in [0.15, 0.2) is 5.69 Å². The maximum absolute atomic E-state index is 11.3. The Morgan fingerprint density at radius 2 is 2.06 bits per heavy atom. The second-order valence-corrected chi connectivity index (χ2v) is 3.93. The number of methoxy groups -OCH3 is 1. The number of benzene rings is 1. The van der Waals surface area contributed by atoms with Gasteiger partial charge in [0.1, 0.15) is 0 Å². The number of carbonyl (C=O) groups excluding carboxylic acids is 1. The van der Waals surface area contributed by atoms with Crippen molar-refractivity contribution in [2.45, 2.75) is 0 Å². The second-order valence-electron chi connectivity index (χ2n) is 3.12. The van der Waals surface area contributed by atoms with E-state index in [0.717, 1.165) is 0 Å². The number of carbonyl (C=O) groups is 1. The van der Waals surface area contributed by atoms with E-state index in [1.54, 1.807) is 18.2 Å². The van der Waals surface area contributed by atoms with Gasteiger partial charge in [-0.05, 0) is 12.1 Å². The van der Waals surface area contributed by atoms with Crippen LogP contribution in [0.15, 0.2) is 24.3 Å². The van der Waals surface area contributed by atoms with Gasteiger partial charge in [0.25, 0.3) is 0 Å². The molecular weight excluding hydrogens is 249 g/mol. The standard InChI is InChI=1S/C11H7Cl2NO2/c1-16-11(15)9-5-8(13)6-3-2-4-7(12)10(6)14-9/h2-5H,1H3. The molecule has 0 bridgehead atoms. The third-order valence-corrected chi connectivity index (χ3v) is 2.75. The van der Waals surface area contributed by atoms with E-state index in [1.165, 1.54) is 13.2 Å². The van der Waals surface area contributed by atoms with Crippen LogP contribution >= 0.6 is 23.2 Å². The zero-order chi connectivity index (χ0) is 11.7. The van der Waals surface area contributed by atoms with Crippen LogP contribution in [0.2, 0.25) is 10.0 Å². The van der Waals surface area contributed by atoms with Crippen LogP contribution in [0.1, 0.15) is 10.5 Å². The van der Waals surface area contributed by atoms with E-state index in [9.17, 15) is 4.79 Å². The number of fused-ring (bicyclic) bond motifs is 1. The average Bonchev–Trinajstić information content (AvgIpc) is 2.29.